The Morgan fingerprint density at radius 2 is 2.08 bits per heavy atom. The van der Waals surface area contributed by atoms with Gasteiger partial charge in [-0.25, -0.2) is 0 Å². The van der Waals surface area contributed by atoms with Gasteiger partial charge in [-0.1, -0.05) is 26.3 Å². The second kappa shape index (κ2) is 4.80. The van der Waals surface area contributed by atoms with Crippen LogP contribution in [0, 0.1) is 5.41 Å². The molecular weight excluding hydrogens is 158 g/mol. The molecule has 1 fully saturated rings. The molecule has 0 saturated heterocycles. The summed E-state index contributed by atoms with van der Waals surface area (Å²) in [6.07, 6.45) is 8.51. The summed E-state index contributed by atoms with van der Waals surface area (Å²) in [5.41, 5.74) is 0.584. The summed E-state index contributed by atoms with van der Waals surface area (Å²) in [4.78, 5) is 0. The molecule has 0 aliphatic heterocycles. The molecule has 0 aromatic carbocycles. The van der Waals surface area contributed by atoms with Crippen molar-refractivity contribution in [1.82, 2.24) is 5.32 Å². The van der Waals surface area contributed by atoms with E-state index in [2.05, 4.69) is 25.7 Å². The van der Waals surface area contributed by atoms with Crippen LogP contribution >= 0.6 is 0 Å². The van der Waals surface area contributed by atoms with E-state index >= 15 is 0 Å². The van der Waals surface area contributed by atoms with Crippen molar-refractivity contribution < 1.29 is 0 Å². The summed E-state index contributed by atoms with van der Waals surface area (Å²) >= 11 is 0. The van der Waals surface area contributed by atoms with Crippen LogP contribution in [0.15, 0.2) is 12.7 Å². The predicted octanol–water partition coefficient (Wildman–Crippen LogP) is 3.12. The molecule has 1 aliphatic rings. The fourth-order valence-corrected chi connectivity index (χ4v) is 1.68. The van der Waals surface area contributed by atoms with Crippen molar-refractivity contribution in [3.8, 4) is 0 Å². The maximum atomic E-state index is 3.72. The van der Waals surface area contributed by atoms with E-state index in [-0.39, 0.29) is 0 Å². The van der Waals surface area contributed by atoms with Crippen LogP contribution in [0.3, 0.4) is 0 Å². The van der Waals surface area contributed by atoms with Crippen LogP contribution in [0.1, 0.15) is 46.0 Å². The van der Waals surface area contributed by atoms with Crippen molar-refractivity contribution in [3.05, 3.63) is 12.7 Å². The number of allylic oxidation sites excluding steroid dienone is 1. The number of nitrogens with one attached hydrogen (secondary N) is 1. The third-order valence-electron chi connectivity index (χ3n) is 2.99. The standard InChI is InChI=1S/C12H23N/c1-4-5-6-7-8-9-13-11-10-12(11,2)3/h4,11,13H,1,5-10H2,2-3H3. The molecule has 76 valence electrons. The van der Waals surface area contributed by atoms with Gasteiger partial charge in [0.15, 0.2) is 0 Å². The van der Waals surface area contributed by atoms with Crippen molar-refractivity contribution in [2.75, 3.05) is 6.54 Å². The highest BCUT2D eigenvalue weighted by molar-refractivity contribution is 5.01. The Labute approximate surface area is 82.6 Å². The highest BCUT2D eigenvalue weighted by Crippen LogP contribution is 2.44. The Bertz CT molecular complexity index is 161. The highest BCUT2D eigenvalue weighted by Gasteiger charge is 2.44. The Kier molecular flexibility index (Phi) is 3.98. The average Bonchev–Trinajstić information content (AvgIpc) is 2.67. The molecular formula is C12H23N. The minimum absolute atomic E-state index is 0.584. The Morgan fingerprint density at radius 1 is 1.38 bits per heavy atom. The third-order valence-corrected chi connectivity index (χ3v) is 2.99. The molecule has 1 atom stereocenters. The van der Waals surface area contributed by atoms with E-state index in [1.807, 2.05) is 6.08 Å². The number of rotatable bonds is 7. The van der Waals surface area contributed by atoms with Crippen LogP contribution in [-0.4, -0.2) is 12.6 Å². The first-order valence-electron chi connectivity index (χ1n) is 5.51. The molecule has 0 amide bonds. The van der Waals surface area contributed by atoms with Gasteiger partial charge in [0.2, 0.25) is 0 Å². The van der Waals surface area contributed by atoms with E-state index in [1.54, 1.807) is 0 Å². The zero-order chi connectivity index (χ0) is 9.73. The summed E-state index contributed by atoms with van der Waals surface area (Å²) in [7, 11) is 0. The predicted molar refractivity (Wildman–Crippen MR) is 58.9 cm³/mol. The number of unbranched alkanes of at least 4 members (excludes halogenated alkanes) is 3. The van der Waals surface area contributed by atoms with E-state index in [1.165, 1.54) is 38.6 Å². The van der Waals surface area contributed by atoms with E-state index in [9.17, 15) is 0 Å². The maximum Gasteiger partial charge on any atom is 0.0124 e. The molecule has 1 heteroatoms. The minimum atomic E-state index is 0.584. The summed E-state index contributed by atoms with van der Waals surface area (Å²) in [5, 5.41) is 3.60. The Balaban J connectivity index is 1.83. The zero-order valence-electron chi connectivity index (χ0n) is 9.10. The second-order valence-corrected chi connectivity index (χ2v) is 4.84. The van der Waals surface area contributed by atoms with Crippen LogP contribution in [0.4, 0.5) is 0 Å². The highest BCUT2D eigenvalue weighted by atomic mass is 15.0. The first-order chi connectivity index (χ1) is 6.17. The smallest absolute Gasteiger partial charge is 0.0124 e. The van der Waals surface area contributed by atoms with Gasteiger partial charge in [-0.05, 0) is 37.6 Å². The van der Waals surface area contributed by atoms with Gasteiger partial charge in [-0.15, -0.1) is 6.58 Å². The van der Waals surface area contributed by atoms with Crippen molar-refractivity contribution in [3.63, 3.8) is 0 Å². The zero-order valence-corrected chi connectivity index (χ0v) is 9.10. The normalized spacial score (nSPS) is 24.3. The van der Waals surface area contributed by atoms with Crippen molar-refractivity contribution >= 4 is 0 Å². The SMILES string of the molecule is C=CCCCCCNC1CC1(C)C. The molecule has 1 saturated carbocycles. The lowest BCUT2D eigenvalue weighted by Crippen LogP contribution is -2.21. The van der Waals surface area contributed by atoms with Gasteiger partial charge in [0.05, 0.1) is 0 Å². The lowest BCUT2D eigenvalue weighted by Gasteiger charge is -2.05. The van der Waals surface area contributed by atoms with E-state index in [4.69, 9.17) is 0 Å². The van der Waals surface area contributed by atoms with Gasteiger partial charge in [-0.2, -0.15) is 0 Å². The van der Waals surface area contributed by atoms with Crippen LogP contribution in [0.5, 0.6) is 0 Å². The molecule has 1 N–H and O–H groups in total. The second-order valence-electron chi connectivity index (χ2n) is 4.84. The molecule has 0 aromatic rings. The molecule has 0 radical (unpaired) electrons. The van der Waals surface area contributed by atoms with Gasteiger partial charge >= 0.3 is 0 Å². The number of hydrogen-bond donors (Lipinski definition) is 1. The minimum Gasteiger partial charge on any atom is -0.313 e. The molecule has 1 rings (SSSR count). The third kappa shape index (κ3) is 3.95. The Hall–Kier alpha value is -0.300. The van der Waals surface area contributed by atoms with E-state index in [0.29, 0.717) is 5.41 Å². The van der Waals surface area contributed by atoms with Crippen LogP contribution < -0.4 is 5.32 Å². The van der Waals surface area contributed by atoms with Gasteiger partial charge in [-0.3, -0.25) is 0 Å². The first-order valence-corrected chi connectivity index (χ1v) is 5.51. The Morgan fingerprint density at radius 3 is 2.62 bits per heavy atom. The largest absolute Gasteiger partial charge is 0.313 e. The van der Waals surface area contributed by atoms with Crippen molar-refractivity contribution in [1.29, 1.82) is 0 Å². The topological polar surface area (TPSA) is 12.0 Å². The molecule has 1 aliphatic carbocycles. The molecule has 1 unspecified atom stereocenters. The van der Waals surface area contributed by atoms with Crippen molar-refractivity contribution in [2.45, 2.75) is 52.0 Å². The molecule has 1 nitrogen and oxygen atoms in total. The van der Waals surface area contributed by atoms with Crippen molar-refractivity contribution in [2.24, 2.45) is 5.41 Å². The monoisotopic (exact) mass is 181 g/mol. The van der Waals surface area contributed by atoms with E-state index in [0.717, 1.165) is 6.04 Å². The average molecular weight is 181 g/mol. The summed E-state index contributed by atoms with van der Waals surface area (Å²) in [6, 6.07) is 0.798. The lowest BCUT2D eigenvalue weighted by molar-refractivity contribution is 0.524. The quantitative estimate of drug-likeness (QED) is 0.470. The molecule has 0 bridgehead atoms. The van der Waals surface area contributed by atoms with Crippen LogP contribution in [-0.2, 0) is 0 Å². The fraction of sp³-hybridized carbons (Fsp3) is 0.833. The van der Waals surface area contributed by atoms with Crippen LogP contribution in [0.25, 0.3) is 0 Å². The summed E-state index contributed by atoms with van der Waals surface area (Å²) in [5.74, 6) is 0. The summed E-state index contributed by atoms with van der Waals surface area (Å²) in [6.45, 7) is 9.59. The van der Waals surface area contributed by atoms with Gasteiger partial charge in [0.25, 0.3) is 0 Å². The maximum absolute atomic E-state index is 3.72. The van der Waals surface area contributed by atoms with Gasteiger partial charge in [0, 0.05) is 6.04 Å². The molecule has 0 heterocycles. The van der Waals surface area contributed by atoms with Gasteiger partial charge < -0.3 is 5.32 Å². The molecule has 0 aromatic heterocycles. The first kappa shape index (κ1) is 10.8. The van der Waals surface area contributed by atoms with E-state index < -0.39 is 0 Å². The molecule has 13 heavy (non-hydrogen) atoms. The van der Waals surface area contributed by atoms with Crippen LogP contribution in [0.2, 0.25) is 0 Å². The lowest BCUT2D eigenvalue weighted by atomic mass is 10.1. The summed E-state index contributed by atoms with van der Waals surface area (Å²) < 4.78 is 0. The number of hydrogen-bond acceptors (Lipinski definition) is 1. The fourth-order valence-electron chi connectivity index (χ4n) is 1.68. The molecule has 0 spiro atoms. The van der Waals surface area contributed by atoms with Gasteiger partial charge in [0.1, 0.15) is 0 Å².